The van der Waals surface area contributed by atoms with E-state index >= 15 is 0 Å². The van der Waals surface area contributed by atoms with Gasteiger partial charge in [0.2, 0.25) is 0 Å². The van der Waals surface area contributed by atoms with Crippen LogP contribution in [0.2, 0.25) is 0 Å². The lowest BCUT2D eigenvalue weighted by molar-refractivity contribution is 0.619. The molecule has 0 aliphatic rings. The molecule has 28 heavy (non-hydrogen) atoms. The Morgan fingerprint density at radius 2 is 1.61 bits per heavy atom. The molecule has 0 saturated heterocycles. The lowest BCUT2D eigenvalue weighted by atomic mass is 10.1. The summed E-state index contributed by atoms with van der Waals surface area (Å²) in [6.07, 6.45) is 3.54. The molecule has 0 radical (unpaired) electrons. The van der Waals surface area contributed by atoms with E-state index < -0.39 is 0 Å². The third-order valence-electron chi connectivity index (χ3n) is 5.15. The van der Waals surface area contributed by atoms with E-state index in [4.69, 9.17) is 9.40 Å². The van der Waals surface area contributed by atoms with Crippen molar-refractivity contribution in [3.05, 3.63) is 91.3 Å². The highest BCUT2D eigenvalue weighted by molar-refractivity contribution is 6.19. The van der Waals surface area contributed by atoms with Gasteiger partial charge in [0.15, 0.2) is 0 Å². The van der Waals surface area contributed by atoms with Crippen LogP contribution in [0.3, 0.4) is 0 Å². The minimum absolute atomic E-state index is 0.850. The van der Waals surface area contributed by atoms with Gasteiger partial charge in [-0.05, 0) is 48.5 Å². The molecule has 0 aliphatic heterocycles. The molecule has 0 spiro atoms. The summed E-state index contributed by atoms with van der Waals surface area (Å²) in [4.78, 5) is 9.37. The van der Waals surface area contributed by atoms with Gasteiger partial charge in [-0.1, -0.05) is 30.3 Å². The summed E-state index contributed by atoms with van der Waals surface area (Å²) in [5.74, 6) is 0.861. The molecule has 0 aliphatic carbocycles. The Bertz CT molecular complexity index is 1460. The SMILES string of the molecule is c1ccc(-c2cccc(-n3c4ccccc4c4c5occc5ccc43)n2)nc1. The standard InChI is InChI=1S/C24H15N3O/c1-2-9-20-17(6-1)23-21(12-11-16-13-15-28-24(16)23)27(20)22-10-5-8-19(26-22)18-7-3-4-14-25-18/h1-15H. The average Bonchev–Trinajstić information content (AvgIpc) is 3.36. The first-order valence-electron chi connectivity index (χ1n) is 9.18. The minimum Gasteiger partial charge on any atom is -0.464 e. The highest BCUT2D eigenvalue weighted by Gasteiger charge is 2.17. The first-order valence-corrected chi connectivity index (χ1v) is 9.18. The lowest BCUT2D eigenvalue weighted by Gasteiger charge is -2.08. The summed E-state index contributed by atoms with van der Waals surface area (Å²) in [6, 6.07) is 26.5. The first-order chi connectivity index (χ1) is 13.9. The number of pyridine rings is 2. The van der Waals surface area contributed by atoms with Gasteiger partial charge in [0.1, 0.15) is 11.4 Å². The van der Waals surface area contributed by atoms with Crippen molar-refractivity contribution in [1.82, 2.24) is 14.5 Å². The maximum Gasteiger partial charge on any atom is 0.143 e. The van der Waals surface area contributed by atoms with Crippen LogP contribution in [0.15, 0.2) is 95.7 Å². The van der Waals surface area contributed by atoms with Crippen molar-refractivity contribution in [2.24, 2.45) is 0 Å². The molecule has 4 heteroatoms. The van der Waals surface area contributed by atoms with Gasteiger partial charge >= 0.3 is 0 Å². The zero-order valence-electron chi connectivity index (χ0n) is 14.9. The summed E-state index contributed by atoms with van der Waals surface area (Å²) < 4.78 is 8.03. The number of hydrogen-bond acceptors (Lipinski definition) is 3. The Hall–Kier alpha value is -3.92. The number of para-hydroxylation sites is 1. The molecule has 4 nitrogen and oxygen atoms in total. The number of fused-ring (bicyclic) bond motifs is 5. The number of rotatable bonds is 2. The Labute approximate surface area is 160 Å². The Morgan fingerprint density at radius 1 is 0.714 bits per heavy atom. The van der Waals surface area contributed by atoms with E-state index in [0.29, 0.717) is 0 Å². The van der Waals surface area contributed by atoms with Gasteiger partial charge in [0.05, 0.1) is 34.1 Å². The van der Waals surface area contributed by atoms with Crippen molar-refractivity contribution >= 4 is 32.8 Å². The van der Waals surface area contributed by atoms with E-state index in [0.717, 1.165) is 50.0 Å². The van der Waals surface area contributed by atoms with E-state index in [1.807, 2.05) is 42.5 Å². The van der Waals surface area contributed by atoms with E-state index in [1.54, 1.807) is 12.5 Å². The molecule has 4 heterocycles. The van der Waals surface area contributed by atoms with Crippen molar-refractivity contribution in [2.45, 2.75) is 0 Å². The number of aromatic nitrogens is 3. The second kappa shape index (κ2) is 5.79. The Morgan fingerprint density at radius 3 is 2.54 bits per heavy atom. The summed E-state index contributed by atoms with van der Waals surface area (Å²) >= 11 is 0. The second-order valence-electron chi connectivity index (χ2n) is 6.75. The molecule has 0 atom stereocenters. The van der Waals surface area contributed by atoms with Gasteiger partial charge in [-0.25, -0.2) is 4.98 Å². The van der Waals surface area contributed by atoms with Crippen molar-refractivity contribution in [1.29, 1.82) is 0 Å². The van der Waals surface area contributed by atoms with Crippen LogP contribution in [0, 0.1) is 0 Å². The molecule has 0 N–H and O–H groups in total. The van der Waals surface area contributed by atoms with Gasteiger partial charge in [-0.15, -0.1) is 0 Å². The van der Waals surface area contributed by atoms with Gasteiger partial charge in [0.25, 0.3) is 0 Å². The number of nitrogens with zero attached hydrogens (tertiary/aromatic N) is 3. The molecule has 2 aromatic carbocycles. The van der Waals surface area contributed by atoms with Crippen LogP contribution in [0.25, 0.3) is 50.0 Å². The van der Waals surface area contributed by atoms with Crippen LogP contribution < -0.4 is 0 Å². The molecule has 4 aromatic heterocycles. The number of benzene rings is 2. The first kappa shape index (κ1) is 15.2. The van der Waals surface area contributed by atoms with Crippen LogP contribution in [0.5, 0.6) is 0 Å². The smallest absolute Gasteiger partial charge is 0.143 e. The normalized spacial score (nSPS) is 11.6. The van der Waals surface area contributed by atoms with Gasteiger partial charge in [-0.3, -0.25) is 9.55 Å². The van der Waals surface area contributed by atoms with Crippen molar-refractivity contribution in [2.75, 3.05) is 0 Å². The predicted octanol–water partition coefficient (Wildman–Crippen LogP) is 5.99. The fourth-order valence-corrected chi connectivity index (χ4v) is 3.93. The van der Waals surface area contributed by atoms with Crippen LogP contribution in [-0.4, -0.2) is 14.5 Å². The summed E-state index contributed by atoms with van der Waals surface area (Å²) in [7, 11) is 0. The zero-order chi connectivity index (χ0) is 18.5. The lowest BCUT2D eigenvalue weighted by Crippen LogP contribution is -1.98. The highest BCUT2D eigenvalue weighted by Crippen LogP contribution is 2.36. The molecule has 0 fully saturated rings. The van der Waals surface area contributed by atoms with Crippen LogP contribution >= 0.6 is 0 Å². The predicted molar refractivity (Wildman–Crippen MR) is 112 cm³/mol. The molecule has 0 unspecified atom stereocenters. The summed E-state index contributed by atoms with van der Waals surface area (Å²) in [6.45, 7) is 0. The maximum atomic E-state index is 5.84. The van der Waals surface area contributed by atoms with Crippen molar-refractivity contribution in [3.63, 3.8) is 0 Å². The highest BCUT2D eigenvalue weighted by atomic mass is 16.3. The Kier molecular flexibility index (Phi) is 3.14. The molecule has 0 amide bonds. The van der Waals surface area contributed by atoms with Crippen LogP contribution in [0.4, 0.5) is 0 Å². The zero-order valence-corrected chi connectivity index (χ0v) is 14.9. The molecule has 0 bridgehead atoms. The quantitative estimate of drug-likeness (QED) is 0.381. The van der Waals surface area contributed by atoms with Gasteiger partial charge in [0, 0.05) is 17.0 Å². The molecule has 6 rings (SSSR count). The minimum atomic E-state index is 0.850. The summed E-state index contributed by atoms with van der Waals surface area (Å²) in [5.41, 5.74) is 4.80. The van der Waals surface area contributed by atoms with Crippen LogP contribution in [-0.2, 0) is 0 Å². The maximum absolute atomic E-state index is 5.84. The fraction of sp³-hybridized carbons (Fsp3) is 0. The number of furan rings is 1. The monoisotopic (exact) mass is 361 g/mol. The average molecular weight is 361 g/mol. The largest absolute Gasteiger partial charge is 0.464 e. The van der Waals surface area contributed by atoms with Crippen molar-refractivity contribution in [3.8, 4) is 17.2 Å². The molecule has 0 saturated carbocycles. The fourth-order valence-electron chi connectivity index (χ4n) is 3.93. The van der Waals surface area contributed by atoms with E-state index in [-0.39, 0.29) is 0 Å². The third-order valence-corrected chi connectivity index (χ3v) is 5.15. The molecular weight excluding hydrogens is 346 g/mol. The van der Waals surface area contributed by atoms with E-state index in [9.17, 15) is 0 Å². The van der Waals surface area contributed by atoms with E-state index in [1.165, 1.54) is 0 Å². The second-order valence-corrected chi connectivity index (χ2v) is 6.75. The topological polar surface area (TPSA) is 43.9 Å². The molecular formula is C24H15N3O. The van der Waals surface area contributed by atoms with Gasteiger partial charge < -0.3 is 4.42 Å². The van der Waals surface area contributed by atoms with E-state index in [2.05, 4.69) is 45.9 Å². The third kappa shape index (κ3) is 2.12. The van der Waals surface area contributed by atoms with Crippen LogP contribution in [0.1, 0.15) is 0 Å². The Balaban J connectivity index is 1.71. The summed E-state index contributed by atoms with van der Waals surface area (Å²) in [5, 5.41) is 3.37. The molecule has 132 valence electrons. The molecule has 6 aromatic rings. The number of hydrogen-bond donors (Lipinski definition) is 0. The van der Waals surface area contributed by atoms with Crippen molar-refractivity contribution < 1.29 is 4.42 Å². The van der Waals surface area contributed by atoms with Gasteiger partial charge in [-0.2, -0.15) is 0 Å².